The van der Waals surface area contributed by atoms with E-state index in [2.05, 4.69) is 15.0 Å². The topological polar surface area (TPSA) is 92.2 Å². The molecule has 0 amide bonds. The van der Waals surface area contributed by atoms with Crippen molar-refractivity contribution in [1.82, 2.24) is 10.1 Å². The fourth-order valence-electron chi connectivity index (χ4n) is 4.46. The molecule has 8 heteroatoms. The highest BCUT2D eigenvalue weighted by Crippen LogP contribution is 2.34. The van der Waals surface area contributed by atoms with Gasteiger partial charge >= 0.3 is 5.97 Å². The molecule has 3 aromatic rings. The Hall–Kier alpha value is -3.10. The van der Waals surface area contributed by atoms with Crippen molar-refractivity contribution in [1.29, 1.82) is 0 Å². The molecule has 0 saturated carbocycles. The van der Waals surface area contributed by atoms with Gasteiger partial charge in [0, 0.05) is 38.2 Å². The van der Waals surface area contributed by atoms with Gasteiger partial charge in [-0.15, -0.1) is 0 Å². The minimum Gasteiger partial charge on any atom is -0.468 e. The Morgan fingerprint density at radius 2 is 1.94 bits per heavy atom. The molecule has 2 aromatic heterocycles. The Labute approximate surface area is 206 Å². The van der Waals surface area contributed by atoms with E-state index in [9.17, 15) is 9.90 Å². The van der Waals surface area contributed by atoms with Gasteiger partial charge in [-0.2, -0.15) is 0 Å². The van der Waals surface area contributed by atoms with Crippen LogP contribution in [0.3, 0.4) is 0 Å². The van der Waals surface area contributed by atoms with Gasteiger partial charge in [0.05, 0.1) is 18.4 Å². The number of furan rings is 1. The first kappa shape index (κ1) is 25.0. The molecule has 1 unspecified atom stereocenters. The lowest BCUT2D eigenvalue weighted by atomic mass is 10.1. The lowest BCUT2D eigenvalue weighted by Gasteiger charge is -2.28. The van der Waals surface area contributed by atoms with E-state index in [-0.39, 0.29) is 12.6 Å². The molecule has 0 spiro atoms. The summed E-state index contributed by atoms with van der Waals surface area (Å²) in [7, 11) is 0. The largest absolute Gasteiger partial charge is 0.468 e. The molecule has 1 aliphatic rings. The van der Waals surface area contributed by atoms with Gasteiger partial charge in [-0.3, -0.25) is 9.69 Å². The first-order valence-electron chi connectivity index (χ1n) is 12.5. The van der Waals surface area contributed by atoms with E-state index in [1.807, 2.05) is 49.4 Å². The van der Waals surface area contributed by atoms with E-state index in [1.54, 1.807) is 6.26 Å². The second-order valence-electron chi connectivity index (χ2n) is 9.06. The maximum absolute atomic E-state index is 11.8. The summed E-state index contributed by atoms with van der Waals surface area (Å²) in [5.41, 5.74) is 2.78. The maximum Gasteiger partial charge on any atom is 0.305 e. The quantitative estimate of drug-likeness (QED) is 0.374. The average molecular weight is 482 g/mol. The lowest BCUT2D eigenvalue weighted by molar-refractivity contribution is -0.147. The molecule has 8 nitrogen and oxygen atoms in total. The Kier molecular flexibility index (Phi) is 8.97. The Morgan fingerprint density at radius 1 is 1.14 bits per heavy atom. The first-order chi connectivity index (χ1) is 17.1. The summed E-state index contributed by atoms with van der Waals surface area (Å²) in [6.07, 6.45) is 5.35. The van der Waals surface area contributed by atoms with Crippen molar-refractivity contribution in [2.24, 2.45) is 0 Å². The molecule has 4 rings (SSSR count). The summed E-state index contributed by atoms with van der Waals surface area (Å²) in [5.74, 6) is 1.29. The van der Waals surface area contributed by atoms with E-state index in [1.165, 1.54) is 6.42 Å². The van der Waals surface area contributed by atoms with Gasteiger partial charge in [0.2, 0.25) is 5.88 Å². The number of ether oxygens (including phenoxy) is 1. The average Bonchev–Trinajstić information content (AvgIpc) is 3.54. The van der Waals surface area contributed by atoms with Crippen LogP contribution in [0.2, 0.25) is 0 Å². The van der Waals surface area contributed by atoms with Gasteiger partial charge in [0.25, 0.3) is 0 Å². The van der Waals surface area contributed by atoms with E-state index in [0.29, 0.717) is 32.5 Å². The second-order valence-corrected chi connectivity index (χ2v) is 9.06. The molecular weight excluding hydrogens is 446 g/mol. The van der Waals surface area contributed by atoms with Crippen LogP contribution in [0.25, 0.3) is 11.3 Å². The minimum atomic E-state index is -0.829. The van der Waals surface area contributed by atoms with Gasteiger partial charge < -0.3 is 23.7 Å². The third-order valence-corrected chi connectivity index (χ3v) is 6.16. The summed E-state index contributed by atoms with van der Waals surface area (Å²) in [4.78, 5) is 16.1. The molecular formula is C27H35N3O5. The van der Waals surface area contributed by atoms with Crippen LogP contribution in [0.15, 0.2) is 57.7 Å². The van der Waals surface area contributed by atoms with Crippen molar-refractivity contribution in [2.45, 2.75) is 58.2 Å². The highest BCUT2D eigenvalue weighted by Gasteiger charge is 2.26. The van der Waals surface area contributed by atoms with Crippen molar-refractivity contribution in [3.8, 4) is 11.3 Å². The van der Waals surface area contributed by atoms with E-state index in [0.717, 1.165) is 54.4 Å². The monoisotopic (exact) mass is 481 g/mol. The number of aromatic nitrogens is 1. The second kappa shape index (κ2) is 12.6. The van der Waals surface area contributed by atoms with E-state index < -0.39 is 6.10 Å². The van der Waals surface area contributed by atoms with Crippen molar-refractivity contribution in [3.63, 3.8) is 0 Å². The number of aliphatic hydroxyl groups is 1. The van der Waals surface area contributed by atoms with Gasteiger partial charge in [-0.1, -0.05) is 42.4 Å². The minimum absolute atomic E-state index is 0.0400. The molecule has 1 fully saturated rings. The normalized spacial score (nSPS) is 14.9. The summed E-state index contributed by atoms with van der Waals surface area (Å²) in [6, 6.07) is 13.8. The van der Waals surface area contributed by atoms with Crippen LogP contribution in [-0.2, 0) is 22.6 Å². The molecule has 0 aliphatic carbocycles. The van der Waals surface area contributed by atoms with E-state index in [4.69, 9.17) is 13.7 Å². The molecule has 3 heterocycles. The smallest absolute Gasteiger partial charge is 0.305 e. The number of rotatable bonds is 12. The van der Waals surface area contributed by atoms with Crippen LogP contribution in [0.4, 0.5) is 5.88 Å². The van der Waals surface area contributed by atoms with Crippen molar-refractivity contribution in [2.75, 3.05) is 31.1 Å². The fourth-order valence-corrected chi connectivity index (χ4v) is 4.46. The number of nitrogens with zero attached hydrogens (tertiary/aromatic N) is 3. The maximum atomic E-state index is 11.8. The van der Waals surface area contributed by atoms with Crippen LogP contribution in [-0.4, -0.2) is 53.5 Å². The molecule has 1 atom stereocenters. The zero-order chi connectivity index (χ0) is 24.5. The predicted molar refractivity (Wildman–Crippen MR) is 133 cm³/mol. The molecule has 1 aromatic carbocycles. The molecule has 188 valence electrons. The number of aliphatic hydroxyl groups excluding tert-OH is 1. The molecule has 1 N–H and O–H groups in total. The zero-order valence-corrected chi connectivity index (χ0v) is 20.4. The zero-order valence-electron chi connectivity index (χ0n) is 20.4. The third kappa shape index (κ3) is 6.96. The van der Waals surface area contributed by atoms with Crippen LogP contribution in [0.5, 0.6) is 0 Å². The molecule has 35 heavy (non-hydrogen) atoms. The number of esters is 1. The van der Waals surface area contributed by atoms with Crippen LogP contribution in [0, 0.1) is 0 Å². The molecule has 1 aliphatic heterocycles. The lowest BCUT2D eigenvalue weighted by Crippen LogP contribution is -2.36. The fraction of sp³-hybridized carbons (Fsp3) is 0.481. The number of anilines is 1. The SMILES string of the molecule is CCCC(=O)OCC(O)CN(Cc1ccco1)Cc1c(-c2ccccc2)noc1N1CCCCC1. The van der Waals surface area contributed by atoms with Crippen LogP contribution < -0.4 is 4.90 Å². The Balaban J connectivity index is 1.58. The van der Waals surface area contributed by atoms with Crippen LogP contribution in [0.1, 0.15) is 50.4 Å². The third-order valence-electron chi connectivity index (χ3n) is 6.16. The summed E-state index contributed by atoms with van der Waals surface area (Å²) in [6.45, 7) is 5.05. The standard InChI is InChI=1S/C27H35N3O5/c1-2-10-25(32)34-20-22(31)17-29(18-23-13-9-16-33-23)19-24-26(21-11-5-3-6-12-21)28-35-27(24)30-14-7-4-8-15-30/h3,5-6,9,11-13,16,22,31H,2,4,7-8,10,14-15,17-20H2,1H3. The van der Waals surface area contributed by atoms with Crippen molar-refractivity contribution in [3.05, 3.63) is 60.1 Å². The van der Waals surface area contributed by atoms with Crippen molar-refractivity contribution >= 4 is 11.9 Å². The van der Waals surface area contributed by atoms with Crippen LogP contribution >= 0.6 is 0 Å². The van der Waals surface area contributed by atoms with Gasteiger partial charge in [-0.05, 0) is 37.8 Å². The van der Waals surface area contributed by atoms with Gasteiger partial charge in [0.15, 0.2) is 0 Å². The van der Waals surface area contributed by atoms with Gasteiger partial charge in [0.1, 0.15) is 24.2 Å². The highest BCUT2D eigenvalue weighted by atomic mass is 16.5. The number of carbonyl (C=O) groups excluding carboxylic acids is 1. The number of piperidine rings is 1. The van der Waals surface area contributed by atoms with Gasteiger partial charge in [-0.25, -0.2) is 0 Å². The Bertz CT molecular complexity index is 1030. The number of hydrogen-bond donors (Lipinski definition) is 1. The number of benzene rings is 1. The van der Waals surface area contributed by atoms with Crippen molar-refractivity contribution < 1.29 is 23.6 Å². The summed E-state index contributed by atoms with van der Waals surface area (Å²) < 4.78 is 16.8. The summed E-state index contributed by atoms with van der Waals surface area (Å²) >= 11 is 0. The molecule has 1 saturated heterocycles. The molecule has 0 bridgehead atoms. The molecule has 0 radical (unpaired) electrons. The summed E-state index contributed by atoms with van der Waals surface area (Å²) in [5, 5.41) is 15.2. The number of carbonyl (C=O) groups is 1. The highest BCUT2D eigenvalue weighted by molar-refractivity contribution is 5.69. The Morgan fingerprint density at radius 3 is 2.66 bits per heavy atom. The predicted octanol–water partition coefficient (Wildman–Crippen LogP) is 4.63. The number of hydrogen-bond acceptors (Lipinski definition) is 8. The van der Waals surface area contributed by atoms with E-state index >= 15 is 0 Å². The first-order valence-corrected chi connectivity index (χ1v) is 12.5.